The van der Waals surface area contributed by atoms with Crippen LogP contribution in [-0.2, 0) is 0 Å². The van der Waals surface area contributed by atoms with Crippen molar-refractivity contribution in [3.05, 3.63) is 27.7 Å². The van der Waals surface area contributed by atoms with Crippen molar-refractivity contribution in [1.82, 2.24) is 4.98 Å². The number of aromatic amines is 1. The molecule has 0 saturated heterocycles. The highest BCUT2D eigenvalue weighted by Gasteiger charge is 2.13. The minimum Gasteiger partial charge on any atom is -0.507 e. The number of hydrogen-bond acceptors (Lipinski definition) is 4. The fraction of sp³-hybridized carbons (Fsp3) is 0.333. The Balaban J connectivity index is 3.42. The summed E-state index contributed by atoms with van der Waals surface area (Å²) < 4.78 is 0. The van der Waals surface area contributed by atoms with Crippen molar-refractivity contribution >= 4 is 5.71 Å². The molecule has 1 rings (SSSR count). The van der Waals surface area contributed by atoms with E-state index in [2.05, 4.69) is 10.1 Å². The van der Waals surface area contributed by atoms with E-state index >= 15 is 0 Å². The molecule has 5 nitrogen and oxygen atoms in total. The van der Waals surface area contributed by atoms with Gasteiger partial charge in [-0.15, -0.1) is 0 Å². The number of pyridine rings is 1. The van der Waals surface area contributed by atoms with Crippen LogP contribution in [0, 0.1) is 6.92 Å². The van der Waals surface area contributed by atoms with E-state index in [4.69, 9.17) is 5.21 Å². The summed E-state index contributed by atoms with van der Waals surface area (Å²) in [5.74, 6) is -0.166. The van der Waals surface area contributed by atoms with Gasteiger partial charge >= 0.3 is 0 Å². The van der Waals surface area contributed by atoms with Gasteiger partial charge in [-0.05, 0) is 19.4 Å². The van der Waals surface area contributed by atoms with Gasteiger partial charge in [0.2, 0.25) is 0 Å². The van der Waals surface area contributed by atoms with Crippen molar-refractivity contribution in [2.45, 2.75) is 20.3 Å². The van der Waals surface area contributed by atoms with E-state index < -0.39 is 5.56 Å². The number of oxime groups is 1. The average molecular weight is 196 g/mol. The maximum atomic E-state index is 11.4. The first-order valence-electron chi connectivity index (χ1n) is 4.24. The van der Waals surface area contributed by atoms with Gasteiger partial charge in [0.15, 0.2) is 0 Å². The fourth-order valence-electron chi connectivity index (χ4n) is 1.25. The monoisotopic (exact) mass is 196 g/mol. The number of H-pyrrole nitrogens is 1. The number of aryl methyl sites for hydroxylation is 1. The lowest BCUT2D eigenvalue weighted by molar-refractivity contribution is 0.318. The zero-order valence-corrected chi connectivity index (χ0v) is 8.03. The Labute approximate surface area is 80.7 Å². The summed E-state index contributed by atoms with van der Waals surface area (Å²) in [7, 11) is 0. The summed E-state index contributed by atoms with van der Waals surface area (Å²) in [6.45, 7) is 3.39. The Morgan fingerprint density at radius 1 is 1.64 bits per heavy atom. The van der Waals surface area contributed by atoms with Crippen LogP contribution in [0.1, 0.15) is 24.6 Å². The molecule has 0 radical (unpaired) electrons. The van der Waals surface area contributed by atoms with Crippen LogP contribution >= 0.6 is 0 Å². The van der Waals surface area contributed by atoms with Gasteiger partial charge in [0, 0.05) is 5.69 Å². The summed E-state index contributed by atoms with van der Waals surface area (Å²) in [5, 5.41) is 21.1. The molecule has 0 fully saturated rings. The number of nitrogens with zero attached hydrogens (tertiary/aromatic N) is 1. The largest absolute Gasteiger partial charge is 0.507 e. The first-order valence-corrected chi connectivity index (χ1v) is 4.24. The van der Waals surface area contributed by atoms with Crippen molar-refractivity contribution in [3.8, 4) is 5.75 Å². The zero-order chi connectivity index (χ0) is 10.7. The Morgan fingerprint density at radius 3 is 2.71 bits per heavy atom. The normalized spacial score (nSPS) is 11.7. The van der Waals surface area contributed by atoms with Crippen LogP contribution in [0.2, 0.25) is 0 Å². The first-order chi connectivity index (χ1) is 6.60. The van der Waals surface area contributed by atoms with Gasteiger partial charge in [0.1, 0.15) is 11.3 Å². The minimum absolute atomic E-state index is 0.0283. The highest BCUT2D eigenvalue weighted by Crippen LogP contribution is 2.14. The van der Waals surface area contributed by atoms with Crippen molar-refractivity contribution in [2.75, 3.05) is 0 Å². The zero-order valence-electron chi connectivity index (χ0n) is 8.03. The Morgan fingerprint density at radius 2 is 2.29 bits per heavy atom. The molecule has 1 aromatic heterocycles. The molecule has 14 heavy (non-hydrogen) atoms. The molecule has 1 aromatic rings. The maximum absolute atomic E-state index is 11.4. The standard InChI is InChI=1S/C9H12N2O3/c1-3-6(11-14)8-7(12)4-5(2)10-9(8)13/h4,14H,3H2,1-2H3,(H2,10,12,13)/b11-6-. The third-order valence-corrected chi connectivity index (χ3v) is 1.89. The molecule has 0 aliphatic heterocycles. The SMILES string of the molecule is CC/C(=N/O)c1c(O)cc(C)[nH]c1=O. The Hall–Kier alpha value is -1.78. The summed E-state index contributed by atoms with van der Waals surface area (Å²) in [6.07, 6.45) is 0.371. The lowest BCUT2D eigenvalue weighted by Crippen LogP contribution is -2.18. The van der Waals surface area contributed by atoms with Gasteiger partial charge in [-0.25, -0.2) is 0 Å². The second-order valence-corrected chi connectivity index (χ2v) is 2.94. The predicted molar refractivity (Wildman–Crippen MR) is 52.1 cm³/mol. The summed E-state index contributed by atoms with van der Waals surface area (Å²) in [6, 6.07) is 1.41. The molecule has 0 atom stereocenters. The van der Waals surface area contributed by atoms with E-state index in [0.29, 0.717) is 12.1 Å². The van der Waals surface area contributed by atoms with E-state index in [1.165, 1.54) is 6.07 Å². The van der Waals surface area contributed by atoms with E-state index in [0.717, 1.165) is 0 Å². The summed E-state index contributed by atoms with van der Waals surface area (Å²) >= 11 is 0. The van der Waals surface area contributed by atoms with Crippen LogP contribution in [0.15, 0.2) is 16.0 Å². The minimum atomic E-state index is -0.447. The summed E-state index contributed by atoms with van der Waals surface area (Å²) in [5.41, 5.74) is 0.311. The topological polar surface area (TPSA) is 85.7 Å². The summed E-state index contributed by atoms with van der Waals surface area (Å²) in [4.78, 5) is 13.9. The van der Waals surface area contributed by atoms with Crippen molar-refractivity contribution in [1.29, 1.82) is 0 Å². The number of aromatic hydroxyl groups is 1. The van der Waals surface area contributed by atoms with Crippen LogP contribution in [-0.4, -0.2) is 21.0 Å². The molecular weight excluding hydrogens is 184 g/mol. The Bertz CT molecular complexity index is 421. The lowest BCUT2D eigenvalue weighted by Gasteiger charge is -2.04. The van der Waals surface area contributed by atoms with Crippen LogP contribution in [0.5, 0.6) is 5.75 Å². The highest BCUT2D eigenvalue weighted by molar-refractivity contribution is 6.01. The first kappa shape index (κ1) is 10.3. The lowest BCUT2D eigenvalue weighted by atomic mass is 10.1. The molecule has 0 amide bonds. The van der Waals surface area contributed by atoms with Gasteiger partial charge < -0.3 is 15.3 Å². The van der Waals surface area contributed by atoms with E-state index in [1.807, 2.05) is 0 Å². The van der Waals surface area contributed by atoms with Gasteiger partial charge in [-0.3, -0.25) is 4.79 Å². The molecule has 3 N–H and O–H groups in total. The predicted octanol–water partition coefficient (Wildman–Crippen LogP) is 0.977. The van der Waals surface area contributed by atoms with Crippen LogP contribution < -0.4 is 5.56 Å². The van der Waals surface area contributed by atoms with Gasteiger partial charge in [0.05, 0.1) is 5.71 Å². The van der Waals surface area contributed by atoms with Crippen LogP contribution in [0.4, 0.5) is 0 Å². The molecule has 0 spiro atoms. The van der Waals surface area contributed by atoms with Crippen LogP contribution in [0.25, 0.3) is 0 Å². The van der Waals surface area contributed by atoms with Crippen molar-refractivity contribution in [3.63, 3.8) is 0 Å². The molecule has 0 aliphatic carbocycles. The molecule has 0 unspecified atom stereocenters. The van der Waals surface area contributed by atoms with Gasteiger partial charge in [-0.2, -0.15) is 0 Å². The van der Waals surface area contributed by atoms with Crippen molar-refractivity contribution < 1.29 is 10.3 Å². The smallest absolute Gasteiger partial charge is 0.261 e. The van der Waals surface area contributed by atoms with Gasteiger partial charge in [-0.1, -0.05) is 12.1 Å². The number of hydrogen-bond donors (Lipinski definition) is 3. The molecule has 0 aliphatic rings. The fourth-order valence-corrected chi connectivity index (χ4v) is 1.25. The molecule has 0 saturated carbocycles. The maximum Gasteiger partial charge on any atom is 0.261 e. The third-order valence-electron chi connectivity index (χ3n) is 1.89. The third kappa shape index (κ3) is 1.76. The number of rotatable bonds is 2. The molecule has 5 heteroatoms. The average Bonchev–Trinajstić information content (AvgIpc) is 2.10. The van der Waals surface area contributed by atoms with Crippen molar-refractivity contribution in [2.24, 2.45) is 5.16 Å². The Kier molecular flexibility index (Phi) is 2.91. The molecule has 0 aromatic carbocycles. The number of nitrogens with one attached hydrogen (secondary N) is 1. The quantitative estimate of drug-likeness (QED) is 0.374. The van der Waals surface area contributed by atoms with Gasteiger partial charge in [0.25, 0.3) is 5.56 Å². The van der Waals surface area contributed by atoms with Crippen LogP contribution in [0.3, 0.4) is 0 Å². The van der Waals surface area contributed by atoms with E-state index in [9.17, 15) is 9.90 Å². The molecular formula is C9H12N2O3. The second-order valence-electron chi connectivity index (χ2n) is 2.94. The molecule has 1 heterocycles. The molecule has 0 bridgehead atoms. The highest BCUT2D eigenvalue weighted by atomic mass is 16.4. The second kappa shape index (κ2) is 3.95. The number of aromatic nitrogens is 1. The van der Waals surface area contributed by atoms with E-state index in [1.54, 1.807) is 13.8 Å². The molecule has 76 valence electrons. The van der Waals surface area contributed by atoms with E-state index in [-0.39, 0.29) is 17.0 Å².